The number of rotatable bonds is 3. The van der Waals surface area contributed by atoms with Crippen LogP contribution in [0.5, 0.6) is 0 Å². The Morgan fingerprint density at radius 2 is 1.89 bits per heavy atom. The molecule has 0 atom stereocenters. The van der Waals surface area contributed by atoms with E-state index in [1.807, 2.05) is 11.4 Å². The minimum absolute atomic E-state index is 0.0620. The third-order valence-electron chi connectivity index (χ3n) is 5.40. The summed E-state index contributed by atoms with van der Waals surface area (Å²) in [6.45, 7) is -0.367. The molecular formula is C18H19F3N2O3S. The number of nitrogens with one attached hydrogen (secondary N) is 1. The van der Waals surface area contributed by atoms with Crippen molar-refractivity contribution >= 4 is 33.1 Å². The second-order valence-electron chi connectivity index (χ2n) is 6.95. The highest BCUT2D eigenvalue weighted by atomic mass is 32.1. The predicted molar refractivity (Wildman–Crippen MR) is 94.5 cm³/mol. The lowest BCUT2D eigenvalue weighted by Gasteiger charge is -2.47. The standard InChI is InChI=1S/C18H19F3N2O3S/c19-18(20,21)17(25-7-8-26-17)16(5-2-1-3-6-16)15(24)23-13-10-12-4-9-27-14(12)22-11-13/h4,9-11H,1-3,5-8H2,(H,23,24). The average Bonchev–Trinajstić information content (AvgIpc) is 3.31. The molecule has 0 spiro atoms. The van der Waals surface area contributed by atoms with Gasteiger partial charge in [-0.1, -0.05) is 19.3 Å². The summed E-state index contributed by atoms with van der Waals surface area (Å²) in [4.78, 5) is 18.3. The van der Waals surface area contributed by atoms with E-state index in [9.17, 15) is 18.0 Å². The molecule has 1 saturated heterocycles. The lowest BCUT2D eigenvalue weighted by molar-refractivity contribution is -0.382. The van der Waals surface area contributed by atoms with E-state index < -0.39 is 23.3 Å². The fourth-order valence-corrected chi connectivity index (χ4v) is 4.88. The number of pyridine rings is 1. The van der Waals surface area contributed by atoms with Crippen LogP contribution in [-0.2, 0) is 14.3 Å². The number of aromatic nitrogens is 1. The van der Waals surface area contributed by atoms with Crippen molar-refractivity contribution in [3.05, 3.63) is 23.7 Å². The number of amides is 1. The number of thiophene rings is 1. The van der Waals surface area contributed by atoms with E-state index in [2.05, 4.69) is 10.3 Å². The number of anilines is 1. The zero-order chi connectivity index (χ0) is 19.1. The summed E-state index contributed by atoms with van der Waals surface area (Å²) in [6, 6.07) is 3.56. The van der Waals surface area contributed by atoms with Gasteiger partial charge in [0.2, 0.25) is 5.91 Å². The number of halogens is 3. The summed E-state index contributed by atoms with van der Waals surface area (Å²) >= 11 is 1.45. The average molecular weight is 400 g/mol. The molecule has 0 bridgehead atoms. The first-order chi connectivity index (χ1) is 12.9. The minimum atomic E-state index is -4.81. The van der Waals surface area contributed by atoms with Crippen LogP contribution in [0.4, 0.5) is 18.9 Å². The van der Waals surface area contributed by atoms with E-state index in [1.165, 1.54) is 17.5 Å². The number of hydrogen-bond donors (Lipinski definition) is 1. The van der Waals surface area contributed by atoms with Gasteiger partial charge in [-0.15, -0.1) is 11.3 Å². The van der Waals surface area contributed by atoms with Gasteiger partial charge in [0, 0.05) is 5.39 Å². The molecule has 4 rings (SSSR count). The van der Waals surface area contributed by atoms with Crippen molar-refractivity contribution in [3.8, 4) is 0 Å². The molecule has 27 heavy (non-hydrogen) atoms. The van der Waals surface area contributed by atoms with Crippen LogP contribution in [0.1, 0.15) is 32.1 Å². The third-order valence-corrected chi connectivity index (χ3v) is 6.24. The Labute approximate surface area is 157 Å². The summed E-state index contributed by atoms with van der Waals surface area (Å²) in [5.74, 6) is -3.62. The topological polar surface area (TPSA) is 60.5 Å². The molecule has 1 saturated carbocycles. The van der Waals surface area contributed by atoms with Crippen molar-refractivity contribution < 1.29 is 27.4 Å². The zero-order valence-electron chi connectivity index (χ0n) is 14.5. The Morgan fingerprint density at radius 1 is 1.19 bits per heavy atom. The molecular weight excluding hydrogens is 381 g/mol. The summed E-state index contributed by atoms with van der Waals surface area (Å²) in [7, 11) is 0. The van der Waals surface area contributed by atoms with Gasteiger partial charge in [0.15, 0.2) is 0 Å². The second kappa shape index (κ2) is 6.72. The van der Waals surface area contributed by atoms with Crippen molar-refractivity contribution in [2.45, 2.75) is 44.1 Å². The highest BCUT2D eigenvalue weighted by Gasteiger charge is 2.73. The van der Waals surface area contributed by atoms with Crippen LogP contribution in [0, 0.1) is 5.41 Å². The molecule has 0 radical (unpaired) electrons. The van der Waals surface area contributed by atoms with E-state index in [4.69, 9.17) is 9.47 Å². The van der Waals surface area contributed by atoms with Crippen LogP contribution in [0.3, 0.4) is 0 Å². The van der Waals surface area contributed by atoms with Crippen molar-refractivity contribution in [1.82, 2.24) is 4.98 Å². The molecule has 0 unspecified atom stereocenters. The normalized spacial score (nSPS) is 22.0. The summed E-state index contributed by atoms with van der Waals surface area (Å²) < 4.78 is 52.5. The Balaban J connectivity index is 1.71. The van der Waals surface area contributed by atoms with Gasteiger partial charge in [0.05, 0.1) is 25.1 Å². The van der Waals surface area contributed by atoms with E-state index in [0.717, 1.165) is 16.6 Å². The quantitative estimate of drug-likeness (QED) is 0.825. The van der Waals surface area contributed by atoms with E-state index >= 15 is 0 Å². The summed E-state index contributed by atoms with van der Waals surface area (Å²) in [6.07, 6.45) is -1.42. The maximum absolute atomic E-state index is 14.1. The maximum Gasteiger partial charge on any atom is 0.444 e. The third kappa shape index (κ3) is 2.92. The monoisotopic (exact) mass is 400 g/mol. The molecule has 1 amide bonds. The smallest absolute Gasteiger partial charge is 0.339 e. The van der Waals surface area contributed by atoms with Gasteiger partial charge in [0.25, 0.3) is 5.79 Å². The lowest BCUT2D eigenvalue weighted by Crippen LogP contribution is -2.64. The van der Waals surface area contributed by atoms with Crippen LogP contribution in [0.25, 0.3) is 10.2 Å². The molecule has 2 aromatic heterocycles. The molecule has 9 heteroatoms. The van der Waals surface area contributed by atoms with Gasteiger partial charge in [-0.2, -0.15) is 13.2 Å². The Kier molecular flexibility index (Phi) is 4.64. The van der Waals surface area contributed by atoms with Crippen molar-refractivity contribution in [2.75, 3.05) is 18.5 Å². The van der Waals surface area contributed by atoms with Crippen LogP contribution in [0.15, 0.2) is 23.7 Å². The number of hydrogen-bond acceptors (Lipinski definition) is 5. The van der Waals surface area contributed by atoms with Gasteiger partial charge < -0.3 is 14.8 Å². The van der Waals surface area contributed by atoms with Crippen molar-refractivity contribution in [3.63, 3.8) is 0 Å². The fraction of sp³-hybridized carbons (Fsp3) is 0.556. The predicted octanol–water partition coefficient (Wildman–Crippen LogP) is 4.49. The largest absolute Gasteiger partial charge is 0.444 e. The van der Waals surface area contributed by atoms with Crippen LogP contribution in [-0.4, -0.2) is 36.1 Å². The fourth-order valence-electron chi connectivity index (χ4n) is 4.16. The summed E-state index contributed by atoms with van der Waals surface area (Å²) in [5, 5.41) is 5.35. The van der Waals surface area contributed by atoms with Gasteiger partial charge in [-0.25, -0.2) is 4.98 Å². The molecule has 1 N–H and O–H groups in total. The van der Waals surface area contributed by atoms with E-state index in [0.29, 0.717) is 18.5 Å². The number of fused-ring (bicyclic) bond motifs is 1. The van der Waals surface area contributed by atoms with Crippen molar-refractivity contribution in [1.29, 1.82) is 0 Å². The molecule has 0 aromatic carbocycles. The number of alkyl halides is 3. The van der Waals surface area contributed by atoms with Crippen LogP contribution >= 0.6 is 11.3 Å². The zero-order valence-corrected chi connectivity index (χ0v) is 15.3. The number of carbonyl (C=O) groups excluding carboxylic acids is 1. The highest BCUT2D eigenvalue weighted by Crippen LogP contribution is 2.56. The van der Waals surface area contributed by atoms with Crippen molar-refractivity contribution in [2.24, 2.45) is 5.41 Å². The molecule has 2 aromatic rings. The van der Waals surface area contributed by atoms with Crippen LogP contribution in [0.2, 0.25) is 0 Å². The van der Waals surface area contributed by atoms with E-state index in [1.54, 1.807) is 6.07 Å². The maximum atomic E-state index is 14.1. The molecule has 3 heterocycles. The van der Waals surface area contributed by atoms with Crippen LogP contribution < -0.4 is 5.32 Å². The first kappa shape index (κ1) is 18.6. The van der Waals surface area contributed by atoms with Gasteiger partial charge in [-0.05, 0) is 30.4 Å². The van der Waals surface area contributed by atoms with E-state index in [-0.39, 0.29) is 26.1 Å². The van der Waals surface area contributed by atoms with Gasteiger partial charge in [0.1, 0.15) is 10.2 Å². The number of nitrogens with zero attached hydrogens (tertiary/aromatic N) is 1. The first-order valence-corrected chi connectivity index (χ1v) is 9.75. The molecule has 5 nitrogen and oxygen atoms in total. The second-order valence-corrected chi connectivity index (χ2v) is 7.84. The molecule has 2 fully saturated rings. The Bertz CT molecular complexity index is 840. The van der Waals surface area contributed by atoms with Gasteiger partial charge >= 0.3 is 6.18 Å². The summed E-state index contributed by atoms with van der Waals surface area (Å²) in [5.41, 5.74) is -1.45. The minimum Gasteiger partial charge on any atom is -0.339 e. The molecule has 1 aliphatic heterocycles. The Hall–Kier alpha value is -1.71. The van der Waals surface area contributed by atoms with Gasteiger partial charge in [-0.3, -0.25) is 4.79 Å². The molecule has 1 aliphatic carbocycles. The number of carbonyl (C=O) groups is 1. The lowest BCUT2D eigenvalue weighted by atomic mass is 9.66. The Morgan fingerprint density at radius 3 is 2.56 bits per heavy atom. The SMILES string of the molecule is O=C(Nc1cnc2sccc2c1)C1(C2(C(F)(F)F)OCCO2)CCCCC1. The number of ether oxygens (including phenoxy) is 2. The molecule has 146 valence electrons. The highest BCUT2D eigenvalue weighted by molar-refractivity contribution is 7.16. The molecule has 2 aliphatic rings. The first-order valence-electron chi connectivity index (χ1n) is 8.87.